The zero-order valence-electron chi connectivity index (χ0n) is 8.13. The van der Waals surface area contributed by atoms with E-state index in [2.05, 4.69) is 14.9 Å². The van der Waals surface area contributed by atoms with Crippen LogP contribution in [0.15, 0.2) is 23.1 Å². The predicted molar refractivity (Wildman–Crippen MR) is 59.6 cm³/mol. The topological polar surface area (TPSA) is 94.6 Å². The molecule has 100 valence electrons. The van der Waals surface area contributed by atoms with Gasteiger partial charge in [0.2, 0.25) is 0 Å². The van der Waals surface area contributed by atoms with E-state index in [0.717, 1.165) is 6.07 Å². The third kappa shape index (κ3) is 4.09. The molecule has 1 aromatic carbocycles. The van der Waals surface area contributed by atoms with Crippen LogP contribution in [-0.4, -0.2) is 22.8 Å². The fourth-order valence-corrected chi connectivity index (χ4v) is 2.33. The van der Waals surface area contributed by atoms with Crippen LogP contribution in [0, 0.1) is 5.82 Å². The van der Waals surface area contributed by atoms with E-state index >= 15 is 0 Å². The molecule has 1 aromatic rings. The summed E-state index contributed by atoms with van der Waals surface area (Å²) < 4.78 is 59.7. The molecule has 0 spiro atoms. The van der Waals surface area contributed by atoms with Crippen LogP contribution in [-0.2, 0) is 22.6 Å². The molecule has 6 nitrogen and oxygen atoms in total. The van der Waals surface area contributed by atoms with Gasteiger partial charge in [0.25, 0.3) is 9.05 Å². The second-order valence-corrected chi connectivity index (χ2v) is 7.47. The maximum atomic E-state index is 13.1. The summed E-state index contributed by atoms with van der Waals surface area (Å²) in [5.41, 5.74) is -0.542. The number of hydrogen-bond donors (Lipinski definition) is 0. The summed E-state index contributed by atoms with van der Waals surface area (Å²) in [5.74, 6) is -2.66. The molecule has 0 unspecified atom stereocenters. The van der Waals surface area contributed by atoms with Gasteiger partial charge in [0.15, 0.2) is 0 Å². The summed E-state index contributed by atoms with van der Waals surface area (Å²) in [7, 11) is 0.549. The van der Waals surface area contributed by atoms with Gasteiger partial charge in [0.05, 0.1) is 16.2 Å². The van der Waals surface area contributed by atoms with Gasteiger partial charge < -0.3 is 4.18 Å². The molecule has 0 amide bonds. The Bertz CT molecular complexity index is 697. The largest absolute Gasteiger partial charge is 0.404 e. The minimum atomic E-state index is -4.58. The Labute approximate surface area is 110 Å². The number of hydrogen-bond acceptors (Lipinski definition) is 6. The van der Waals surface area contributed by atoms with Crippen LogP contribution in [0.4, 0.5) is 4.39 Å². The Morgan fingerprint density at radius 3 is 2.17 bits per heavy atom. The molecular formula is C7H3Cl2FO6S2. The van der Waals surface area contributed by atoms with Gasteiger partial charge in [-0.2, -0.15) is 8.42 Å². The number of benzene rings is 1. The Balaban J connectivity index is 3.26. The lowest BCUT2D eigenvalue weighted by Gasteiger charge is -2.03. The van der Waals surface area contributed by atoms with Gasteiger partial charge in [0.1, 0.15) is 10.7 Å². The Hall–Kier alpha value is -0.900. The van der Waals surface area contributed by atoms with Crippen molar-refractivity contribution in [2.75, 3.05) is 0 Å². The molecule has 0 bridgehead atoms. The maximum absolute atomic E-state index is 13.1. The van der Waals surface area contributed by atoms with Gasteiger partial charge in [-0.25, -0.2) is 17.6 Å². The lowest BCUT2D eigenvalue weighted by molar-refractivity contribution is 0.0751. The molecule has 0 aromatic heterocycles. The average Bonchev–Trinajstić information content (AvgIpc) is 2.13. The number of halogens is 3. The van der Waals surface area contributed by atoms with Crippen molar-refractivity contribution < 1.29 is 30.2 Å². The van der Waals surface area contributed by atoms with Crippen LogP contribution >= 0.6 is 21.4 Å². The zero-order chi connectivity index (χ0) is 14.1. The van der Waals surface area contributed by atoms with Crippen molar-refractivity contribution in [3.63, 3.8) is 0 Å². The van der Waals surface area contributed by atoms with E-state index < -0.39 is 40.6 Å². The van der Waals surface area contributed by atoms with Crippen molar-refractivity contribution >= 4 is 45.7 Å². The van der Waals surface area contributed by atoms with Crippen LogP contribution in [0.1, 0.15) is 10.4 Å². The van der Waals surface area contributed by atoms with E-state index in [1.807, 2.05) is 0 Å². The molecular weight excluding hydrogens is 334 g/mol. The highest BCUT2D eigenvalue weighted by Crippen LogP contribution is 2.21. The minimum Gasteiger partial charge on any atom is -0.330 e. The maximum Gasteiger partial charge on any atom is 0.404 e. The summed E-state index contributed by atoms with van der Waals surface area (Å²) in [6, 6.07) is 1.96. The molecule has 18 heavy (non-hydrogen) atoms. The van der Waals surface area contributed by atoms with Crippen molar-refractivity contribution in [2.45, 2.75) is 4.90 Å². The van der Waals surface area contributed by atoms with Gasteiger partial charge in [-0.1, -0.05) is 0 Å². The quantitative estimate of drug-likeness (QED) is 0.774. The van der Waals surface area contributed by atoms with E-state index in [0.29, 0.717) is 12.1 Å². The monoisotopic (exact) mass is 336 g/mol. The van der Waals surface area contributed by atoms with E-state index in [-0.39, 0.29) is 0 Å². The lowest BCUT2D eigenvalue weighted by atomic mass is 10.2. The summed E-state index contributed by atoms with van der Waals surface area (Å²) in [6.45, 7) is 0. The number of carbonyl (C=O) groups excluding carboxylic acids is 1. The molecule has 0 N–H and O–H groups in total. The van der Waals surface area contributed by atoms with Crippen molar-refractivity contribution in [1.82, 2.24) is 0 Å². The first-order valence-electron chi connectivity index (χ1n) is 3.93. The SMILES string of the molecule is O=C(OS(=O)(=O)Cl)c1ccc(F)c(S(=O)(=O)Cl)c1. The fraction of sp³-hybridized carbons (Fsp3) is 0. The molecule has 0 aliphatic carbocycles. The molecule has 1 rings (SSSR count). The third-order valence-electron chi connectivity index (χ3n) is 1.60. The van der Waals surface area contributed by atoms with Gasteiger partial charge in [-0.15, -0.1) is 0 Å². The molecule has 0 aliphatic heterocycles. The Kier molecular flexibility index (Phi) is 4.21. The van der Waals surface area contributed by atoms with Gasteiger partial charge in [0, 0.05) is 10.7 Å². The molecule has 0 heterocycles. The zero-order valence-corrected chi connectivity index (χ0v) is 11.3. The Morgan fingerprint density at radius 1 is 1.17 bits per heavy atom. The number of rotatable bonds is 3. The normalized spacial score (nSPS) is 12.2. The van der Waals surface area contributed by atoms with E-state index in [1.54, 1.807) is 0 Å². The molecule has 0 saturated heterocycles. The molecule has 0 fully saturated rings. The highest BCUT2D eigenvalue weighted by Gasteiger charge is 2.21. The van der Waals surface area contributed by atoms with Crippen molar-refractivity contribution in [3.8, 4) is 0 Å². The van der Waals surface area contributed by atoms with E-state index in [1.165, 1.54) is 0 Å². The van der Waals surface area contributed by atoms with E-state index in [4.69, 9.17) is 10.7 Å². The second-order valence-electron chi connectivity index (χ2n) is 2.85. The molecule has 0 radical (unpaired) electrons. The van der Waals surface area contributed by atoms with Crippen LogP contribution in [0.2, 0.25) is 0 Å². The smallest absolute Gasteiger partial charge is 0.330 e. The standard InChI is InChI=1S/C7H3Cl2FO6S2/c8-17(12,13)6-3-4(1-2-5(6)10)7(11)16-18(9,14)15/h1-3H. The van der Waals surface area contributed by atoms with Crippen molar-refractivity contribution in [2.24, 2.45) is 0 Å². The first-order valence-corrected chi connectivity index (χ1v) is 8.48. The highest BCUT2D eigenvalue weighted by molar-refractivity contribution is 8.13. The lowest BCUT2D eigenvalue weighted by Crippen LogP contribution is -2.09. The highest BCUT2D eigenvalue weighted by atomic mass is 35.7. The summed E-state index contributed by atoms with van der Waals surface area (Å²) in [4.78, 5) is 10.2. The van der Waals surface area contributed by atoms with Crippen LogP contribution < -0.4 is 0 Å². The van der Waals surface area contributed by atoms with Gasteiger partial charge in [-0.05, 0) is 18.2 Å². The molecule has 0 atom stereocenters. The summed E-state index contributed by atoms with van der Waals surface area (Å²) in [6.07, 6.45) is 0. The van der Waals surface area contributed by atoms with Crippen LogP contribution in [0.25, 0.3) is 0 Å². The van der Waals surface area contributed by atoms with Crippen LogP contribution in [0.3, 0.4) is 0 Å². The second kappa shape index (κ2) is 5.00. The summed E-state index contributed by atoms with van der Waals surface area (Å²) >= 11 is 0. The fourth-order valence-electron chi connectivity index (χ4n) is 0.956. The first kappa shape index (κ1) is 15.2. The number of carbonyl (C=O) groups is 1. The predicted octanol–water partition coefficient (Wildman–Crippen LogP) is 1.39. The van der Waals surface area contributed by atoms with E-state index in [9.17, 15) is 26.0 Å². The third-order valence-corrected chi connectivity index (χ3v) is 3.48. The molecule has 0 saturated carbocycles. The van der Waals surface area contributed by atoms with Crippen molar-refractivity contribution in [1.29, 1.82) is 0 Å². The minimum absolute atomic E-state index is 0.530. The first-order chi connectivity index (χ1) is 8.00. The van der Waals surface area contributed by atoms with Crippen LogP contribution in [0.5, 0.6) is 0 Å². The van der Waals surface area contributed by atoms with Gasteiger partial charge >= 0.3 is 15.3 Å². The van der Waals surface area contributed by atoms with Gasteiger partial charge in [-0.3, -0.25) is 0 Å². The molecule has 0 aliphatic rings. The van der Waals surface area contributed by atoms with Crippen molar-refractivity contribution in [3.05, 3.63) is 29.6 Å². The average molecular weight is 337 g/mol. The Morgan fingerprint density at radius 2 is 1.72 bits per heavy atom. The summed E-state index contributed by atoms with van der Waals surface area (Å²) in [5, 5.41) is 0. The molecule has 11 heteroatoms.